The summed E-state index contributed by atoms with van der Waals surface area (Å²) in [5, 5.41) is 14.3. The summed E-state index contributed by atoms with van der Waals surface area (Å²) in [6.45, 7) is 6.38. The molecule has 1 atom stereocenters. The van der Waals surface area contributed by atoms with E-state index in [0.717, 1.165) is 31.0 Å². The summed E-state index contributed by atoms with van der Waals surface area (Å²) >= 11 is 0. The van der Waals surface area contributed by atoms with E-state index in [1.165, 1.54) is 16.7 Å². The van der Waals surface area contributed by atoms with E-state index in [1.54, 1.807) is 0 Å². The van der Waals surface area contributed by atoms with Crippen molar-refractivity contribution in [2.45, 2.75) is 26.3 Å². The Hall–Kier alpha value is -1.81. The molecule has 2 heterocycles. The highest BCUT2D eigenvalue weighted by Gasteiger charge is 2.15. The summed E-state index contributed by atoms with van der Waals surface area (Å²) in [5.74, 6) is 0.932. The molecular weight excluding hydrogens is 236 g/mol. The monoisotopic (exact) mass is 256 g/mol. The Kier molecular flexibility index (Phi) is 3.25. The Labute approximate surface area is 113 Å². The molecule has 0 saturated carbocycles. The topological polar surface area (TPSA) is 52.7 Å². The predicted molar refractivity (Wildman–Crippen MR) is 78.4 cm³/mol. The molecular formula is C15H20N4. The molecule has 1 unspecified atom stereocenters. The Bertz CT molecular complexity index is 567. The summed E-state index contributed by atoms with van der Waals surface area (Å²) in [6, 6.07) is 9.07. The summed E-state index contributed by atoms with van der Waals surface area (Å²) in [5.41, 5.74) is 4.88. The van der Waals surface area contributed by atoms with Crippen LogP contribution in [0.15, 0.2) is 24.3 Å². The average Bonchev–Trinajstić information content (AvgIpc) is 3.05. The van der Waals surface area contributed by atoms with Crippen LogP contribution < -0.4 is 10.6 Å². The quantitative estimate of drug-likeness (QED) is 0.790. The Morgan fingerprint density at radius 1 is 1.21 bits per heavy atom. The molecule has 0 radical (unpaired) electrons. The molecule has 3 N–H and O–H groups in total. The van der Waals surface area contributed by atoms with Gasteiger partial charge in [-0.3, -0.25) is 5.10 Å². The lowest BCUT2D eigenvalue weighted by Gasteiger charge is -2.08. The van der Waals surface area contributed by atoms with E-state index in [-0.39, 0.29) is 0 Å². The fraction of sp³-hybridized carbons (Fsp3) is 0.400. The highest BCUT2D eigenvalue weighted by atomic mass is 15.2. The Morgan fingerprint density at radius 2 is 2.11 bits per heavy atom. The highest BCUT2D eigenvalue weighted by molar-refractivity contribution is 5.64. The van der Waals surface area contributed by atoms with Crippen LogP contribution in [0.1, 0.15) is 17.5 Å². The third-order valence-electron chi connectivity index (χ3n) is 3.81. The number of rotatable bonds is 3. The zero-order chi connectivity index (χ0) is 13.2. The van der Waals surface area contributed by atoms with E-state index in [1.807, 2.05) is 0 Å². The van der Waals surface area contributed by atoms with Gasteiger partial charge in [0, 0.05) is 18.7 Å². The second kappa shape index (κ2) is 5.05. The smallest absolute Gasteiger partial charge is 0.148 e. The van der Waals surface area contributed by atoms with Gasteiger partial charge in [0.1, 0.15) is 5.82 Å². The lowest BCUT2D eigenvalue weighted by Crippen LogP contribution is -2.22. The first-order valence-corrected chi connectivity index (χ1v) is 6.82. The van der Waals surface area contributed by atoms with E-state index in [9.17, 15) is 0 Å². The summed E-state index contributed by atoms with van der Waals surface area (Å²) < 4.78 is 0. The van der Waals surface area contributed by atoms with Gasteiger partial charge in [0.2, 0.25) is 0 Å². The van der Waals surface area contributed by atoms with Crippen LogP contribution in [0.3, 0.4) is 0 Å². The van der Waals surface area contributed by atoms with Gasteiger partial charge in [-0.1, -0.05) is 12.1 Å². The fourth-order valence-electron chi connectivity index (χ4n) is 2.44. The number of benzene rings is 1. The maximum absolute atomic E-state index is 4.34. The first kappa shape index (κ1) is 12.2. The second-order valence-corrected chi connectivity index (χ2v) is 5.30. The molecule has 100 valence electrons. The molecule has 1 saturated heterocycles. The van der Waals surface area contributed by atoms with Crippen LogP contribution in [0.2, 0.25) is 0 Å². The van der Waals surface area contributed by atoms with Crippen molar-refractivity contribution in [2.75, 3.05) is 18.4 Å². The van der Waals surface area contributed by atoms with Gasteiger partial charge in [0.05, 0.1) is 5.69 Å². The van der Waals surface area contributed by atoms with E-state index in [0.29, 0.717) is 6.04 Å². The molecule has 1 aromatic heterocycles. The third-order valence-corrected chi connectivity index (χ3v) is 3.81. The van der Waals surface area contributed by atoms with Gasteiger partial charge in [-0.15, -0.1) is 0 Å². The molecule has 1 aliphatic heterocycles. The summed E-state index contributed by atoms with van der Waals surface area (Å²) in [4.78, 5) is 0. The van der Waals surface area contributed by atoms with Crippen molar-refractivity contribution in [1.29, 1.82) is 0 Å². The van der Waals surface area contributed by atoms with Gasteiger partial charge >= 0.3 is 0 Å². The van der Waals surface area contributed by atoms with Gasteiger partial charge in [-0.05, 0) is 49.6 Å². The molecule has 4 heteroatoms. The van der Waals surface area contributed by atoms with Crippen LogP contribution in [-0.4, -0.2) is 29.3 Å². The van der Waals surface area contributed by atoms with Crippen molar-refractivity contribution >= 4 is 5.82 Å². The number of anilines is 1. The van der Waals surface area contributed by atoms with Crippen molar-refractivity contribution in [3.63, 3.8) is 0 Å². The van der Waals surface area contributed by atoms with Gasteiger partial charge < -0.3 is 10.6 Å². The number of nitrogens with one attached hydrogen (secondary N) is 3. The van der Waals surface area contributed by atoms with Crippen molar-refractivity contribution in [3.8, 4) is 11.3 Å². The molecule has 2 aromatic rings. The largest absolute Gasteiger partial charge is 0.365 e. The number of nitrogens with zero attached hydrogens (tertiary/aromatic N) is 1. The number of aromatic amines is 1. The normalized spacial score (nSPS) is 18.7. The van der Waals surface area contributed by atoms with Crippen LogP contribution in [0.4, 0.5) is 5.82 Å². The molecule has 1 aliphatic rings. The molecule has 1 fully saturated rings. The Morgan fingerprint density at radius 3 is 2.84 bits per heavy atom. The molecule has 1 aromatic carbocycles. The molecule has 4 nitrogen and oxygen atoms in total. The molecule has 0 bridgehead atoms. The number of hydrogen-bond acceptors (Lipinski definition) is 3. The number of aromatic nitrogens is 2. The number of aryl methyl sites for hydroxylation is 2. The first-order valence-electron chi connectivity index (χ1n) is 6.82. The number of hydrogen-bond donors (Lipinski definition) is 3. The lowest BCUT2D eigenvalue weighted by molar-refractivity contribution is 0.786. The van der Waals surface area contributed by atoms with Gasteiger partial charge in [-0.25, -0.2) is 0 Å². The predicted octanol–water partition coefficient (Wildman–Crippen LogP) is 2.47. The molecule has 0 spiro atoms. The molecule has 19 heavy (non-hydrogen) atoms. The van der Waals surface area contributed by atoms with Gasteiger partial charge in [0.15, 0.2) is 0 Å². The minimum absolute atomic E-state index is 0.496. The van der Waals surface area contributed by atoms with E-state index in [4.69, 9.17) is 0 Å². The standard InChI is InChI=1S/C15H20N4/c1-10-3-4-12(7-11(10)2)14-8-15(19-18-14)17-13-5-6-16-9-13/h3-4,7-8,13,16H,5-6,9H2,1-2H3,(H2,17,18,19). The van der Waals surface area contributed by atoms with Gasteiger partial charge in [0.25, 0.3) is 0 Å². The highest BCUT2D eigenvalue weighted by Crippen LogP contribution is 2.22. The zero-order valence-electron chi connectivity index (χ0n) is 11.5. The summed E-state index contributed by atoms with van der Waals surface area (Å²) in [7, 11) is 0. The van der Waals surface area contributed by atoms with Crippen LogP contribution in [0.5, 0.6) is 0 Å². The molecule has 0 amide bonds. The molecule has 0 aliphatic carbocycles. The maximum atomic E-state index is 4.34. The minimum Gasteiger partial charge on any atom is -0.365 e. The van der Waals surface area contributed by atoms with Gasteiger partial charge in [-0.2, -0.15) is 5.10 Å². The second-order valence-electron chi connectivity index (χ2n) is 5.30. The molecule has 3 rings (SSSR count). The SMILES string of the molecule is Cc1ccc(-c2cc(NC3CCNC3)n[nH]2)cc1C. The van der Waals surface area contributed by atoms with E-state index in [2.05, 4.69) is 58.9 Å². The zero-order valence-corrected chi connectivity index (χ0v) is 11.5. The van der Waals surface area contributed by atoms with Crippen molar-refractivity contribution < 1.29 is 0 Å². The van der Waals surface area contributed by atoms with Crippen LogP contribution in [0, 0.1) is 13.8 Å². The fourth-order valence-corrected chi connectivity index (χ4v) is 2.44. The third kappa shape index (κ3) is 2.63. The Balaban J connectivity index is 1.78. The lowest BCUT2D eigenvalue weighted by atomic mass is 10.0. The average molecular weight is 256 g/mol. The first-order chi connectivity index (χ1) is 9.22. The van der Waals surface area contributed by atoms with Crippen molar-refractivity contribution in [3.05, 3.63) is 35.4 Å². The van der Waals surface area contributed by atoms with Crippen LogP contribution >= 0.6 is 0 Å². The van der Waals surface area contributed by atoms with Crippen LogP contribution in [0.25, 0.3) is 11.3 Å². The maximum Gasteiger partial charge on any atom is 0.148 e. The van der Waals surface area contributed by atoms with Crippen molar-refractivity contribution in [1.82, 2.24) is 15.5 Å². The van der Waals surface area contributed by atoms with E-state index < -0.39 is 0 Å². The summed E-state index contributed by atoms with van der Waals surface area (Å²) in [6.07, 6.45) is 1.16. The van der Waals surface area contributed by atoms with Crippen molar-refractivity contribution in [2.24, 2.45) is 0 Å². The van der Waals surface area contributed by atoms with Crippen LogP contribution in [-0.2, 0) is 0 Å². The number of H-pyrrole nitrogens is 1. The minimum atomic E-state index is 0.496. The van der Waals surface area contributed by atoms with E-state index >= 15 is 0 Å².